The maximum atomic E-state index is 10.9. The van der Waals surface area contributed by atoms with Gasteiger partial charge in [-0.05, 0) is 40.5 Å². The standard InChI is InChI=1S/C24H24N3O6P/c25-22(28)31-13-16-1-7-19(8-2-16)34(20-9-3-17(4-10-20)14-32-23(26)29)21-11-5-18(6-12-21)15-33-24(27)30/h1-12H,13-15H2,(H2,25,28)(H2,26,29)(H2,27,30). The Labute approximate surface area is 197 Å². The highest BCUT2D eigenvalue weighted by molar-refractivity contribution is 7.79. The van der Waals surface area contributed by atoms with Crippen LogP contribution in [0.25, 0.3) is 0 Å². The van der Waals surface area contributed by atoms with Crippen molar-refractivity contribution in [3.05, 3.63) is 89.5 Å². The molecule has 0 heterocycles. The third kappa shape index (κ3) is 7.21. The average molecular weight is 481 g/mol. The van der Waals surface area contributed by atoms with Gasteiger partial charge in [0, 0.05) is 0 Å². The number of amides is 3. The van der Waals surface area contributed by atoms with E-state index in [4.69, 9.17) is 31.4 Å². The molecule has 0 bridgehead atoms. The molecule has 0 fully saturated rings. The van der Waals surface area contributed by atoms with Crippen molar-refractivity contribution in [1.29, 1.82) is 0 Å². The zero-order valence-electron chi connectivity index (χ0n) is 18.2. The van der Waals surface area contributed by atoms with Crippen LogP contribution in [-0.2, 0) is 34.0 Å². The van der Waals surface area contributed by atoms with Crippen LogP contribution in [0, 0.1) is 0 Å². The fourth-order valence-electron chi connectivity index (χ4n) is 3.13. The summed E-state index contributed by atoms with van der Waals surface area (Å²) >= 11 is 0. The highest BCUT2D eigenvalue weighted by Crippen LogP contribution is 2.33. The van der Waals surface area contributed by atoms with Crippen LogP contribution in [0.3, 0.4) is 0 Å². The number of hydrogen-bond donors (Lipinski definition) is 3. The first-order chi connectivity index (χ1) is 16.3. The Morgan fingerprint density at radius 1 is 0.500 bits per heavy atom. The van der Waals surface area contributed by atoms with E-state index in [1.807, 2.05) is 72.8 Å². The second-order valence-electron chi connectivity index (χ2n) is 7.16. The van der Waals surface area contributed by atoms with Gasteiger partial charge in [0.2, 0.25) is 0 Å². The minimum Gasteiger partial charge on any atom is -0.445 e. The monoisotopic (exact) mass is 481 g/mol. The highest BCUT2D eigenvalue weighted by Gasteiger charge is 2.17. The van der Waals surface area contributed by atoms with E-state index in [9.17, 15) is 14.4 Å². The Bertz CT molecular complexity index is 989. The molecule has 0 saturated heterocycles. The average Bonchev–Trinajstić information content (AvgIpc) is 2.82. The molecule has 34 heavy (non-hydrogen) atoms. The number of ether oxygens (including phenoxy) is 3. The molecular formula is C24H24N3O6P. The van der Waals surface area contributed by atoms with Gasteiger partial charge in [0.15, 0.2) is 0 Å². The molecular weight excluding hydrogens is 457 g/mol. The van der Waals surface area contributed by atoms with Gasteiger partial charge in [0.25, 0.3) is 0 Å². The lowest BCUT2D eigenvalue weighted by Crippen LogP contribution is -2.21. The van der Waals surface area contributed by atoms with Gasteiger partial charge >= 0.3 is 18.3 Å². The zero-order chi connectivity index (χ0) is 24.5. The summed E-state index contributed by atoms with van der Waals surface area (Å²) in [6.07, 6.45) is -2.48. The predicted molar refractivity (Wildman–Crippen MR) is 128 cm³/mol. The molecule has 0 unspecified atom stereocenters. The molecule has 3 amide bonds. The van der Waals surface area contributed by atoms with Crippen LogP contribution in [0.5, 0.6) is 0 Å². The number of rotatable bonds is 9. The zero-order valence-corrected chi connectivity index (χ0v) is 19.1. The van der Waals surface area contributed by atoms with Gasteiger partial charge in [-0.3, -0.25) is 0 Å². The summed E-state index contributed by atoms with van der Waals surface area (Å²) in [5, 5.41) is 3.21. The summed E-state index contributed by atoms with van der Waals surface area (Å²) < 4.78 is 14.6. The van der Waals surface area contributed by atoms with Crippen molar-refractivity contribution in [3.8, 4) is 0 Å². The molecule has 0 aliphatic heterocycles. The lowest BCUT2D eigenvalue weighted by atomic mass is 10.2. The maximum absolute atomic E-state index is 10.9. The lowest BCUT2D eigenvalue weighted by molar-refractivity contribution is 0.149. The topological polar surface area (TPSA) is 157 Å². The minimum atomic E-state index is -0.946. The second kappa shape index (κ2) is 11.7. The van der Waals surface area contributed by atoms with E-state index in [1.165, 1.54) is 0 Å². The van der Waals surface area contributed by atoms with Crippen molar-refractivity contribution in [2.45, 2.75) is 19.8 Å². The third-order valence-electron chi connectivity index (χ3n) is 4.73. The van der Waals surface area contributed by atoms with E-state index < -0.39 is 26.2 Å². The lowest BCUT2D eigenvalue weighted by Gasteiger charge is -2.20. The van der Waals surface area contributed by atoms with Crippen LogP contribution in [0.1, 0.15) is 16.7 Å². The largest absolute Gasteiger partial charge is 0.445 e. The summed E-state index contributed by atoms with van der Waals surface area (Å²) in [6.45, 7) is 0.282. The van der Waals surface area contributed by atoms with Gasteiger partial charge < -0.3 is 31.4 Å². The SMILES string of the molecule is NC(=O)OCc1ccc(P(c2ccc(COC(N)=O)cc2)c2ccc(COC(N)=O)cc2)cc1. The first-order valence-corrected chi connectivity index (χ1v) is 11.5. The van der Waals surface area contributed by atoms with Crippen molar-refractivity contribution in [2.24, 2.45) is 17.2 Å². The van der Waals surface area contributed by atoms with Crippen LogP contribution in [-0.4, -0.2) is 18.3 Å². The third-order valence-corrected chi connectivity index (χ3v) is 7.17. The number of primary amides is 3. The molecule has 9 nitrogen and oxygen atoms in total. The van der Waals surface area contributed by atoms with Crippen LogP contribution < -0.4 is 33.1 Å². The Balaban J connectivity index is 1.89. The first kappa shape index (κ1) is 24.5. The molecule has 0 radical (unpaired) electrons. The van der Waals surface area contributed by atoms with Gasteiger partial charge in [-0.2, -0.15) is 0 Å². The summed E-state index contributed by atoms with van der Waals surface area (Å²) in [5.74, 6) is 0. The van der Waals surface area contributed by atoms with E-state index >= 15 is 0 Å². The quantitative estimate of drug-likeness (QED) is 0.314. The van der Waals surface area contributed by atoms with Gasteiger partial charge in [0.05, 0.1) is 0 Å². The Hall–Kier alpha value is -4.10. The number of carbonyl (C=O) groups excluding carboxylic acids is 3. The summed E-state index contributed by atoms with van der Waals surface area (Å²) in [4.78, 5) is 32.6. The number of benzene rings is 3. The molecule has 0 aliphatic carbocycles. The van der Waals surface area contributed by atoms with Crippen molar-refractivity contribution in [1.82, 2.24) is 0 Å². The molecule has 3 rings (SSSR count). The van der Waals surface area contributed by atoms with Crippen LogP contribution in [0.15, 0.2) is 72.8 Å². The van der Waals surface area contributed by atoms with Gasteiger partial charge in [-0.1, -0.05) is 72.8 Å². The van der Waals surface area contributed by atoms with E-state index in [2.05, 4.69) is 0 Å². The summed E-state index contributed by atoms with van der Waals surface area (Å²) in [6, 6.07) is 23.2. The molecule has 3 aromatic carbocycles. The van der Waals surface area contributed by atoms with Gasteiger partial charge in [-0.15, -0.1) is 0 Å². The van der Waals surface area contributed by atoms with Crippen molar-refractivity contribution in [3.63, 3.8) is 0 Å². The second-order valence-corrected chi connectivity index (χ2v) is 9.38. The van der Waals surface area contributed by atoms with Crippen LogP contribution in [0.2, 0.25) is 0 Å². The number of carbonyl (C=O) groups is 3. The van der Waals surface area contributed by atoms with Crippen molar-refractivity contribution in [2.75, 3.05) is 0 Å². The van der Waals surface area contributed by atoms with Crippen molar-refractivity contribution < 1.29 is 28.6 Å². The summed E-state index contributed by atoms with van der Waals surface area (Å²) in [5.41, 5.74) is 17.6. The molecule has 0 aromatic heterocycles. The fraction of sp³-hybridized carbons (Fsp3) is 0.125. The fourth-order valence-corrected chi connectivity index (χ4v) is 5.37. The Morgan fingerprint density at radius 2 is 0.735 bits per heavy atom. The summed E-state index contributed by atoms with van der Waals surface area (Å²) in [7, 11) is -0.946. The van der Waals surface area contributed by atoms with Gasteiger partial charge in [-0.25, -0.2) is 14.4 Å². The van der Waals surface area contributed by atoms with E-state index in [1.54, 1.807) is 0 Å². The van der Waals surface area contributed by atoms with E-state index in [0.29, 0.717) is 0 Å². The molecule has 3 aromatic rings. The normalized spacial score (nSPS) is 10.5. The van der Waals surface area contributed by atoms with Crippen molar-refractivity contribution >= 4 is 42.1 Å². The van der Waals surface area contributed by atoms with Crippen LogP contribution >= 0.6 is 7.92 Å². The highest BCUT2D eigenvalue weighted by atomic mass is 31.1. The van der Waals surface area contributed by atoms with E-state index in [0.717, 1.165) is 32.6 Å². The van der Waals surface area contributed by atoms with E-state index in [-0.39, 0.29) is 19.8 Å². The minimum absolute atomic E-state index is 0.0939. The number of hydrogen-bond acceptors (Lipinski definition) is 6. The molecule has 0 spiro atoms. The molecule has 0 atom stereocenters. The molecule has 176 valence electrons. The molecule has 6 N–H and O–H groups in total. The molecule has 0 aliphatic rings. The van der Waals surface area contributed by atoms with Gasteiger partial charge in [0.1, 0.15) is 19.8 Å². The maximum Gasteiger partial charge on any atom is 0.404 e. The first-order valence-electron chi connectivity index (χ1n) is 10.2. The Kier molecular flexibility index (Phi) is 8.43. The predicted octanol–water partition coefficient (Wildman–Crippen LogP) is 2.23. The Morgan fingerprint density at radius 3 is 0.941 bits per heavy atom. The number of nitrogens with two attached hydrogens (primary N) is 3. The molecule has 0 saturated carbocycles. The molecule has 10 heteroatoms. The van der Waals surface area contributed by atoms with Crippen LogP contribution in [0.4, 0.5) is 14.4 Å². The smallest absolute Gasteiger partial charge is 0.404 e.